The van der Waals surface area contributed by atoms with Gasteiger partial charge in [-0.25, -0.2) is 0 Å². The molecule has 0 spiro atoms. The van der Waals surface area contributed by atoms with Gasteiger partial charge in [0.2, 0.25) is 0 Å². The molecule has 1 aliphatic heterocycles. The highest BCUT2D eigenvalue weighted by Crippen LogP contribution is 2.22. The lowest BCUT2D eigenvalue weighted by molar-refractivity contribution is -0.140. The summed E-state index contributed by atoms with van der Waals surface area (Å²) < 4.78 is 10.6. The Hall–Kier alpha value is -2.36. The predicted octanol–water partition coefficient (Wildman–Crippen LogP) is -0.233. The summed E-state index contributed by atoms with van der Waals surface area (Å²) in [5.41, 5.74) is 1.38. The maximum atomic E-state index is 12.1. The van der Waals surface area contributed by atoms with Crippen LogP contribution in [0.1, 0.15) is 18.4 Å². The zero-order valence-electron chi connectivity index (χ0n) is 14.2. The molecule has 1 aromatic heterocycles. The second kappa shape index (κ2) is 8.35. The number of hydrogen-bond donors (Lipinski definition) is 4. The Bertz CT molecular complexity index is 771. The fraction of sp³-hybridized carbons (Fsp3) is 0.412. The van der Waals surface area contributed by atoms with Crippen molar-refractivity contribution in [2.24, 2.45) is 0 Å². The molecule has 0 bridgehead atoms. The molecule has 0 saturated carbocycles. The van der Waals surface area contributed by atoms with Crippen LogP contribution in [0.5, 0.6) is 0 Å². The lowest BCUT2D eigenvalue weighted by Crippen LogP contribution is -2.53. The third kappa shape index (κ3) is 4.43. The molecule has 2 amide bonds. The van der Waals surface area contributed by atoms with Crippen LogP contribution in [0.4, 0.5) is 0 Å². The third-order valence-corrected chi connectivity index (χ3v) is 4.44. The second-order valence-electron chi connectivity index (χ2n) is 6.31. The van der Waals surface area contributed by atoms with E-state index in [1.807, 2.05) is 18.2 Å². The number of benzene rings is 1. The number of carbonyl (C=O) groups is 2. The van der Waals surface area contributed by atoms with Gasteiger partial charge in [0.25, 0.3) is 0 Å². The van der Waals surface area contributed by atoms with Crippen molar-refractivity contribution in [1.82, 2.24) is 10.6 Å². The van der Waals surface area contributed by atoms with Crippen LogP contribution in [0, 0.1) is 0 Å². The van der Waals surface area contributed by atoms with Gasteiger partial charge in [0.1, 0.15) is 5.58 Å². The molecule has 4 N–H and O–H groups in total. The fourth-order valence-corrected chi connectivity index (χ4v) is 2.99. The van der Waals surface area contributed by atoms with Gasteiger partial charge in [-0.05, 0) is 30.9 Å². The van der Waals surface area contributed by atoms with E-state index in [1.165, 1.54) is 6.26 Å². The molecular weight excluding hydrogens is 339 g/mol. The molecule has 1 aromatic carbocycles. The quantitative estimate of drug-likeness (QED) is 0.432. The highest BCUT2D eigenvalue weighted by Gasteiger charge is 2.30. The van der Waals surface area contributed by atoms with Crippen molar-refractivity contribution < 1.29 is 28.8 Å². The van der Waals surface area contributed by atoms with Crippen molar-refractivity contribution in [3.05, 3.63) is 36.1 Å². The van der Waals surface area contributed by atoms with E-state index in [-0.39, 0.29) is 12.5 Å². The number of amides is 2. The first-order valence-corrected chi connectivity index (χ1v) is 8.55. The molecule has 1 fully saturated rings. The van der Waals surface area contributed by atoms with E-state index >= 15 is 0 Å². The number of hydrogen-bond acceptors (Lipinski definition) is 6. The van der Waals surface area contributed by atoms with Crippen molar-refractivity contribution in [2.45, 2.75) is 31.2 Å². The number of carbonyl (C=O) groups excluding carboxylic acids is 2. The van der Waals surface area contributed by atoms with Crippen LogP contribution in [-0.4, -0.2) is 54.2 Å². The Morgan fingerprint density at radius 1 is 1.19 bits per heavy atom. The van der Waals surface area contributed by atoms with E-state index in [2.05, 4.69) is 10.6 Å². The lowest BCUT2D eigenvalue weighted by Gasteiger charge is -2.23. The summed E-state index contributed by atoms with van der Waals surface area (Å²) in [6.45, 7) is 1.08. The van der Waals surface area contributed by atoms with Crippen molar-refractivity contribution >= 4 is 29.9 Å². The molecule has 1 saturated heterocycles. The summed E-state index contributed by atoms with van der Waals surface area (Å²) in [6, 6.07) is 7.19. The van der Waals surface area contributed by atoms with E-state index in [9.17, 15) is 19.6 Å². The van der Waals surface area contributed by atoms with Crippen LogP contribution in [0.3, 0.4) is 0 Å². The van der Waals surface area contributed by atoms with Crippen molar-refractivity contribution in [3.63, 3.8) is 0 Å². The average molecular weight is 360 g/mol. The molecule has 9 heteroatoms. The predicted molar refractivity (Wildman–Crippen MR) is 94.0 cm³/mol. The van der Waals surface area contributed by atoms with E-state index < -0.39 is 24.9 Å². The van der Waals surface area contributed by atoms with Gasteiger partial charge in [0.15, 0.2) is 0 Å². The average Bonchev–Trinajstić information content (AvgIpc) is 3.05. The van der Waals surface area contributed by atoms with Crippen LogP contribution in [-0.2, 0) is 20.7 Å². The van der Waals surface area contributed by atoms with E-state index in [0.717, 1.165) is 5.39 Å². The number of para-hydroxylation sites is 1. The summed E-state index contributed by atoms with van der Waals surface area (Å²) in [4.78, 5) is 24.2. The van der Waals surface area contributed by atoms with Crippen LogP contribution in [0.25, 0.3) is 11.0 Å². The normalized spacial score (nSPS) is 16.2. The van der Waals surface area contributed by atoms with Gasteiger partial charge in [-0.15, -0.1) is 0 Å². The summed E-state index contributed by atoms with van der Waals surface area (Å²) in [5, 5.41) is 25.0. The first kappa shape index (κ1) is 18.4. The Morgan fingerprint density at radius 2 is 1.92 bits per heavy atom. The molecule has 2 aromatic rings. The van der Waals surface area contributed by atoms with Crippen LogP contribution < -0.4 is 10.6 Å². The summed E-state index contributed by atoms with van der Waals surface area (Å²) in [6.07, 6.45) is 2.91. The summed E-state index contributed by atoms with van der Waals surface area (Å²) >= 11 is 0. The number of furan rings is 1. The first-order valence-electron chi connectivity index (χ1n) is 8.55. The Morgan fingerprint density at radius 3 is 2.65 bits per heavy atom. The Kier molecular flexibility index (Phi) is 5.92. The van der Waals surface area contributed by atoms with E-state index in [4.69, 9.17) is 9.15 Å². The van der Waals surface area contributed by atoms with Crippen molar-refractivity contribution in [2.75, 3.05) is 13.2 Å². The minimum absolute atomic E-state index is 0.114. The molecular formula is C17H21BN2O6. The van der Waals surface area contributed by atoms with Crippen molar-refractivity contribution in [1.29, 1.82) is 0 Å². The summed E-state index contributed by atoms with van der Waals surface area (Å²) in [7, 11) is -1.82. The number of ether oxygens (including phenoxy) is 1. The number of nitrogens with one attached hydrogen (secondary N) is 2. The fourth-order valence-electron chi connectivity index (χ4n) is 2.99. The zero-order valence-corrected chi connectivity index (χ0v) is 14.2. The Balaban J connectivity index is 1.62. The van der Waals surface area contributed by atoms with E-state index in [0.29, 0.717) is 37.2 Å². The molecule has 0 aliphatic carbocycles. The monoisotopic (exact) mass is 360 g/mol. The smallest absolute Gasteiger partial charge is 0.464 e. The maximum Gasteiger partial charge on any atom is 0.475 e. The van der Waals surface area contributed by atoms with Gasteiger partial charge in [0, 0.05) is 24.6 Å². The summed E-state index contributed by atoms with van der Waals surface area (Å²) in [5.74, 6) is -2.73. The molecule has 26 heavy (non-hydrogen) atoms. The zero-order chi connectivity index (χ0) is 18.5. The highest BCUT2D eigenvalue weighted by atomic mass is 16.5. The molecule has 8 nitrogen and oxygen atoms in total. The molecule has 1 aliphatic rings. The van der Waals surface area contributed by atoms with Crippen LogP contribution >= 0.6 is 0 Å². The molecule has 1 unspecified atom stereocenters. The van der Waals surface area contributed by atoms with Gasteiger partial charge >= 0.3 is 18.9 Å². The van der Waals surface area contributed by atoms with Crippen molar-refractivity contribution in [3.8, 4) is 0 Å². The van der Waals surface area contributed by atoms with Crippen LogP contribution in [0.15, 0.2) is 34.9 Å². The van der Waals surface area contributed by atoms with Gasteiger partial charge in [-0.1, -0.05) is 18.2 Å². The number of rotatable bonds is 5. The minimum atomic E-state index is -1.82. The first-order chi connectivity index (χ1) is 12.5. The minimum Gasteiger partial charge on any atom is -0.464 e. The molecule has 1 atom stereocenters. The lowest BCUT2D eigenvalue weighted by atomic mass is 9.76. The third-order valence-electron chi connectivity index (χ3n) is 4.44. The van der Waals surface area contributed by atoms with Gasteiger partial charge < -0.3 is 29.8 Å². The molecule has 2 heterocycles. The highest BCUT2D eigenvalue weighted by molar-refractivity contribution is 6.45. The largest absolute Gasteiger partial charge is 0.475 e. The van der Waals surface area contributed by atoms with Gasteiger partial charge in [-0.3, -0.25) is 9.59 Å². The van der Waals surface area contributed by atoms with Gasteiger partial charge in [-0.2, -0.15) is 0 Å². The molecule has 3 rings (SSSR count). The molecule has 0 radical (unpaired) electrons. The second-order valence-corrected chi connectivity index (χ2v) is 6.31. The van der Waals surface area contributed by atoms with Gasteiger partial charge in [0.05, 0.1) is 12.2 Å². The topological polar surface area (TPSA) is 121 Å². The standard InChI is InChI=1S/C17H21BN2O6/c21-16(19-12-5-7-25-8-6-12)17(22)20-15(18(23)24)9-11-10-26-14-4-2-1-3-13(11)14/h1-4,10,12,15,23-24H,5-9H2,(H,19,21)(H,20,22). The van der Waals surface area contributed by atoms with Crippen LogP contribution in [0.2, 0.25) is 0 Å². The SMILES string of the molecule is O=C(NC1CCOCC1)C(=O)NC(Cc1coc2ccccc12)B(O)O. The number of fused-ring (bicyclic) bond motifs is 1. The van der Waals surface area contributed by atoms with E-state index in [1.54, 1.807) is 6.07 Å². The Labute approximate surface area is 150 Å². The molecule has 138 valence electrons. The maximum absolute atomic E-state index is 12.1.